The van der Waals surface area contributed by atoms with Crippen LogP contribution in [0.4, 0.5) is 5.69 Å². The molecule has 0 saturated carbocycles. The average Bonchev–Trinajstić information content (AvgIpc) is 2.78. The Labute approximate surface area is 209 Å². The number of nitrogen functional groups attached to an aromatic ring is 1. The topological polar surface area (TPSA) is 161 Å². The van der Waals surface area contributed by atoms with Gasteiger partial charge in [0.2, 0.25) is 5.91 Å². The molecular formula is C23H26Cl2N6O3. The highest BCUT2D eigenvalue weighted by Gasteiger charge is 2.17. The molecule has 3 rings (SSSR count). The van der Waals surface area contributed by atoms with Gasteiger partial charge in [0, 0.05) is 30.9 Å². The predicted octanol–water partition coefficient (Wildman–Crippen LogP) is 2.60. The molecule has 0 saturated heterocycles. The van der Waals surface area contributed by atoms with E-state index >= 15 is 0 Å². The molecule has 0 aliphatic heterocycles. The number of carbonyl (C=O) groups is 2. The minimum Gasteiger partial charge on any atom is -0.423 e. The number of amidine groups is 1. The summed E-state index contributed by atoms with van der Waals surface area (Å²) in [6.45, 7) is 0. The van der Waals surface area contributed by atoms with E-state index in [0.717, 1.165) is 11.1 Å². The first-order chi connectivity index (χ1) is 15.2. The molecule has 0 fully saturated rings. The van der Waals surface area contributed by atoms with E-state index in [1.807, 2.05) is 0 Å². The Bertz CT molecular complexity index is 1250. The molecule has 180 valence electrons. The third kappa shape index (κ3) is 6.15. The van der Waals surface area contributed by atoms with Crippen molar-refractivity contribution in [1.29, 1.82) is 5.41 Å². The third-order valence-electron chi connectivity index (χ3n) is 5.02. The highest BCUT2D eigenvalue weighted by Crippen LogP contribution is 2.30. The number of ether oxygens (including phenoxy) is 1. The van der Waals surface area contributed by atoms with Crippen LogP contribution in [0.3, 0.4) is 0 Å². The maximum Gasteiger partial charge on any atom is 0.343 e. The zero-order chi connectivity index (χ0) is 23.4. The Hall–Kier alpha value is -3.82. The number of fused-ring (bicyclic) bond motifs is 1. The molecule has 0 radical (unpaired) electrons. The van der Waals surface area contributed by atoms with Crippen molar-refractivity contribution >= 4 is 64.9 Å². The van der Waals surface area contributed by atoms with E-state index in [0.29, 0.717) is 28.0 Å². The van der Waals surface area contributed by atoms with Crippen LogP contribution >= 0.6 is 24.8 Å². The molecule has 3 aromatic rings. The molecule has 7 N–H and O–H groups in total. The minimum atomic E-state index is -0.582. The van der Waals surface area contributed by atoms with E-state index in [-0.39, 0.29) is 42.8 Å². The van der Waals surface area contributed by atoms with Crippen LogP contribution in [0.1, 0.15) is 21.5 Å². The molecule has 0 aliphatic rings. The Morgan fingerprint density at radius 3 is 2.15 bits per heavy atom. The molecule has 1 amide bonds. The SMILES string of the molecule is CN=C(N)N(C)c1ccc(C(=O)Oc2ccc3cc(C(=N)N)ccc3c2CC(N)=O)cc1.Cl.Cl. The summed E-state index contributed by atoms with van der Waals surface area (Å²) in [5.41, 5.74) is 18.9. The van der Waals surface area contributed by atoms with Gasteiger partial charge >= 0.3 is 5.97 Å². The number of hydrogen-bond acceptors (Lipinski definition) is 5. The summed E-state index contributed by atoms with van der Waals surface area (Å²) in [4.78, 5) is 30.0. The van der Waals surface area contributed by atoms with Gasteiger partial charge in [0.1, 0.15) is 11.6 Å². The fourth-order valence-electron chi connectivity index (χ4n) is 3.26. The Morgan fingerprint density at radius 2 is 1.59 bits per heavy atom. The summed E-state index contributed by atoms with van der Waals surface area (Å²) in [6.07, 6.45) is -0.112. The number of esters is 1. The molecule has 0 heterocycles. The summed E-state index contributed by atoms with van der Waals surface area (Å²) >= 11 is 0. The van der Waals surface area contributed by atoms with Crippen LogP contribution < -0.4 is 26.8 Å². The Morgan fingerprint density at radius 1 is 0.971 bits per heavy atom. The zero-order valence-corrected chi connectivity index (χ0v) is 20.2. The van der Waals surface area contributed by atoms with Crippen molar-refractivity contribution in [2.75, 3.05) is 19.0 Å². The van der Waals surface area contributed by atoms with E-state index in [2.05, 4.69) is 4.99 Å². The number of amides is 1. The van der Waals surface area contributed by atoms with E-state index in [9.17, 15) is 9.59 Å². The number of primary amides is 1. The summed E-state index contributed by atoms with van der Waals surface area (Å²) in [5, 5.41) is 9.03. The molecule has 0 bridgehead atoms. The molecule has 0 aliphatic carbocycles. The lowest BCUT2D eigenvalue weighted by atomic mass is 9.98. The summed E-state index contributed by atoms with van der Waals surface area (Å²) in [7, 11) is 3.35. The van der Waals surface area contributed by atoms with Gasteiger partial charge < -0.3 is 26.8 Å². The fraction of sp³-hybridized carbons (Fsp3) is 0.130. The van der Waals surface area contributed by atoms with Crippen molar-refractivity contribution in [3.63, 3.8) is 0 Å². The number of anilines is 1. The van der Waals surface area contributed by atoms with Crippen molar-refractivity contribution in [3.8, 4) is 5.75 Å². The number of rotatable bonds is 6. The van der Waals surface area contributed by atoms with E-state index in [4.69, 9.17) is 27.3 Å². The first-order valence-corrected chi connectivity index (χ1v) is 9.67. The van der Waals surface area contributed by atoms with Crippen molar-refractivity contribution in [2.24, 2.45) is 22.2 Å². The van der Waals surface area contributed by atoms with Crippen molar-refractivity contribution in [1.82, 2.24) is 0 Å². The number of carbonyl (C=O) groups excluding carboxylic acids is 2. The van der Waals surface area contributed by atoms with Crippen LogP contribution in [-0.4, -0.2) is 37.8 Å². The monoisotopic (exact) mass is 504 g/mol. The predicted molar refractivity (Wildman–Crippen MR) is 140 cm³/mol. The van der Waals surface area contributed by atoms with Crippen LogP contribution in [0.25, 0.3) is 10.8 Å². The highest BCUT2D eigenvalue weighted by atomic mass is 35.5. The van der Waals surface area contributed by atoms with Crippen LogP contribution in [0.15, 0.2) is 59.6 Å². The lowest BCUT2D eigenvalue weighted by Gasteiger charge is -2.18. The van der Waals surface area contributed by atoms with Gasteiger partial charge in [-0.15, -0.1) is 24.8 Å². The normalized spacial score (nSPS) is 10.6. The quantitative estimate of drug-likeness (QED) is 0.174. The number of guanidine groups is 1. The number of nitrogens with two attached hydrogens (primary N) is 3. The first kappa shape index (κ1) is 28.2. The van der Waals surface area contributed by atoms with Crippen LogP contribution in [0.2, 0.25) is 0 Å². The molecule has 11 heteroatoms. The van der Waals surface area contributed by atoms with E-state index in [1.54, 1.807) is 73.6 Å². The van der Waals surface area contributed by atoms with Crippen molar-refractivity contribution in [3.05, 3.63) is 71.3 Å². The maximum absolute atomic E-state index is 12.8. The summed E-state index contributed by atoms with van der Waals surface area (Å²) < 4.78 is 5.61. The summed E-state index contributed by atoms with van der Waals surface area (Å²) in [5.74, 6) is -0.643. The maximum atomic E-state index is 12.8. The van der Waals surface area contributed by atoms with Crippen LogP contribution in [0.5, 0.6) is 5.75 Å². The van der Waals surface area contributed by atoms with Gasteiger partial charge in [0.15, 0.2) is 5.96 Å². The highest BCUT2D eigenvalue weighted by molar-refractivity contribution is 6.01. The zero-order valence-electron chi connectivity index (χ0n) is 18.6. The summed E-state index contributed by atoms with van der Waals surface area (Å²) in [6, 6.07) is 15.1. The van der Waals surface area contributed by atoms with Gasteiger partial charge in [-0.25, -0.2) is 4.79 Å². The number of nitrogens with zero attached hydrogens (tertiary/aromatic N) is 2. The first-order valence-electron chi connectivity index (χ1n) is 9.67. The lowest BCUT2D eigenvalue weighted by molar-refractivity contribution is -0.117. The Kier molecular flexibility index (Phi) is 9.85. The largest absolute Gasteiger partial charge is 0.423 e. The van der Waals surface area contributed by atoms with E-state index in [1.165, 1.54) is 0 Å². The standard InChI is InChI=1S/C23H24N6O3.2ClH/c1-28-23(27)29(2)16-7-3-13(4-8-16)22(31)32-19-10-6-14-11-15(21(25)26)5-9-17(14)18(19)12-20(24)30;;/h3-11H,12H2,1-2H3,(H2,24,30)(H3,25,26)(H2,27,28);2*1H. The number of nitrogens with one attached hydrogen (secondary N) is 1. The second kappa shape index (κ2) is 11.9. The fourth-order valence-corrected chi connectivity index (χ4v) is 3.26. The third-order valence-corrected chi connectivity index (χ3v) is 5.02. The Balaban J connectivity index is 0.00000289. The van der Waals surface area contributed by atoms with Gasteiger partial charge in [-0.2, -0.15) is 0 Å². The van der Waals surface area contributed by atoms with Gasteiger partial charge in [0.25, 0.3) is 0 Å². The number of aliphatic imine (C=N–C) groups is 1. The lowest BCUT2D eigenvalue weighted by Crippen LogP contribution is -2.33. The molecule has 0 aromatic heterocycles. The van der Waals surface area contributed by atoms with Crippen LogP contribution in [-0.2, 0) is 11.2 Å². The molecule has 9 nitrogen and oxygen atoms in total. The second-order valence-corrected chi connectivity index (χ2v) is 7.11. The molecule has 34 heavy (non-hydrogen) atoms. The number of halogens is 2. The van der Waals surface area contributed by atoms with Gasteiger partial charge in [-0.05, 0) is 47.2 Å². The smallest absolute Gasteiger partial charge is 0.343 e. The van der Waals surface area contributed by atoms with E-state index < -0.39 is 11.9 Å². The molecule has 3 aromatic carbocycles. The molecule has 0 spiro atoms. The van der Waals surface area contributed by atoms with Gasteiger partial charge in [-0.3, -0.25) is 15.2 Å². The van der Waals surface area contributed by atoms with Crippen molar-refractivity contribution in [2.45, 2.75) is 6.42 Å². The van der Waals surface area contributed by atoms with Crippen LogP contribution in [0, 0.1) is 5.41 Å². The molecule has 0 atom stereocenters. The van der Waals surface area contributed by atoms with Gasteiger partial charge in [0.05, 0.1) is 12.0 Å². The second-order valence-electron chi connectivity index (χ2n) is 7.11. The number of hydrogen-bond donors (Lipinski definition) is 4. The average molecular weight is 505 g/mol. The molecule has 0 unspecified atom stereocenters. The van der Waals surface area contributed by atoms with Crippen molar-refractivity contribution < 1.29 is 14.3 Å². The van der Waals surface area contributed by atoms with Gasteiger partial charge in [-0.1, -0.05) is 18.2 Å². The molecular weight excluding hydrogens is 479 g/mol. The minimum absolute atomic E-state index is 0. The number of benzene rings is 3.